The smallest absolute Gasteiger partial charge is 0.241 e. The van der Waals surface area contributed by atoms with Gasteiger partial charge in [-0.1, -0.05) is 12.8 Å². The van der Waals surface area contributed by atoms with Crippen molar-refractivity contribution in [3.8, 4) is 0 Å². The fraction of sp³-hybridized carbons (Fsp3) is 0.619. The Hall–Kier alpha value is -2.06. The number of nitrogens with one attached hydrogen (secondary N) is 1. The number of likely N-dealkylation sites (tertiary alicyclic amines) is 1. The van der Waals surface area contributed by atoms with Crippen LogP contribution in [0.25, 0.3) is 0 Å². The first kappa shape index (κ1) is 21.6. The van der Waals surface area contributed by atoms with Gasteiger partial charge < -0.3 is 10.2 Å². The molecule has 2 heterocycles. The molecule has 2 amide bonds. The summed E-state index contributed by atoms with van der Waals surface area (Å²) in [6.07, 6.45) is 4.56. The molecule has 1 atom stereocenters. The fourth-order valence-electron chi connectivity index (χ4n) is 3.92. The molecule has 2 aliphatic heterocycles. The van der Waals surface area contributed by atoms with Crippen LogP contribution in [0.3, 0.4) is 0 Å². The van der Waals surface area contributed by atoms with Crippen LogP contribution in [0.15, 0.2) is 18.2 Å². The van der Waals surface area contributed by atoms with Gasteiger partial charge in [0.1, 0.15) is 11.6 Å². The predicted octanol–water partition coefficient (Wildman–Crippen LogP) is 2.31. The fourth-order valence-corrected chi connectivity index (χ4v) is 3.92. The Labute approximate surface area is 170 Å². The van der Waals surface area contributed by atoms with Crippen molar-refractivity contribution in [1.29, 1.82) is 0 Å². The maximum atomic E-state index is 13.7. The summed E-state index contributed by atoms with van der Waals surface area (Å²) in [5.41, 5.74) is -0.150. The van der Waals surface area contributed by atoms with Gasteiger partial charge in [-0.15, -0.1) is 0 Å². The third-order valence-electron chi connectivity index (χ3n) is 5.84. The van der Waals surface area contributed by atoms with E-state index < -0.39 is 17.7 Å². The molecule has 1 aromatic rings. The number of halogens is 2. The van der Waals surface area contributed by atoms with Crippen molar-refractivity contribution in [2.75, 3.05) is 51.1 Å². The number of hydrogen-bond acceptors (Lipinski definition) is 4. The summed E-state index contributed by atoms with van der Waals surface area (Å²) in [4.78, 5) is 31.1. The second-order valence-electron chi connectivity index (χ2n) is 7.90. The third-order valence-corrected chi connectivity index (χ3v) is 5.84. The van der Waals surface area contributed by atoms with E-state index in [0.29, 0.717) is 32.7 Å². The van der Waals surface area contributed by atoms with Gasteiger partial charge in [-0.25, -0.2) is 8.78 Å². The summed E-state index contributed by atoms with van der Waals surface area (Å²) in [6, 6.07) is 2.52. The van der Waals surface area contributed by atoms with Gasteiger partial charge in [-0.2, -0.15) is 0 Å². The average molecular weight is 408 g/mol. The van der Waals surface area contributed by atoms with Crippen molar-refractivity contribution in [2.45, 2.75) is 38.6 Å². The minimum atomic E-state index is -0.663. The first-order valence-corrected chi connectivity index (χ1v) is 10.4. The maximum absolute atomic E-state index is 13.7. The Morgan fingerprint density at radius 3 is 2.31 bits per heavy atom. The molecule has 2 fully saturated rings. The van der Waals surface area contributed by atoms with Gasteiger partial charge in [-0.3, -0.25) is 19.4 Å². The van der Waals surface area contributed by atoms with E-state index in [4.69, 9.17) is 0 Å². The van der Waals surface area contributed by atoms with Crippen molar-refractivity contribution in [3.05, 3.63) is 29.8 Å². The van der Waals surface area contributed by atoms with E-state index in [1.54, 1.807) is 6.92 Å². The minimum Gasteiger partial charge on any atom is -0.342 e. The van der Waals surface area contributed by atoms with Crippen LogP contribution in [0.4, 0.5) is 14.5 Å². The molecule has 0 bridgehead atoms. The van der Waals surface area contributed by atoms with Crippen LogP contribution in [0.5, 0.6) is 0 Å². The normalized spacial score (nSPS) is 20.2. The van der Waals surface area contributed by atoms with Crippen LogP contribution < -0.4 is 5.32 Å². The molecule has 0 aliphatic carbocycles. The second-order valence-corrected chi connectivity index (χ2v) is 7.90. The highest BCUT2D eigenvalue weighted by Crippen LogP contribution is 2.17. The van der Waals surface area contributed by atoms with Crippen LogP contribution in [0.2, 0.25) is 0 Å². The highest BCUT2D eigenvalue weighted by molar-refractivity contribution is 5.94. The second kappa shape index (κ2) is 10.1. The van der Waals surface area contributed by atoms with E-state index in [1.807, 2.05) is 9.80 Å². The van der Waals surface area contributed by atoms with Gasteiger partial charge in [0, 0.05) is 45.3 Å². The molecular formula is C21H30F2N4O2. The van der Waals surface area contributed by atoms with Gasteiger partial charge in [-0.05, 0) is 31.9 Å². The molecule has 0 spiro atoms. The minimum absolute atomic E-state index is 0.150. The zero-order chi connectivity index (χ0) is 20.8. The Bertz CT molecular complexity index is 715. The summed E-state index contributed by atoms with van der Waals surface area (Å²) < 4.78 is 27.0. The molecule has 0 saturated carbocycles. The lowest BCUT2D eigenvalue weighted by atomic mass is 10.2. The summed E-state index contributed by atoms with van der Waals surface area (Å²) in [6.45, 7) is 6.57. The average Bonchev–Trinajstić information content (AvgIpc) is 3.00. The molecule has 0 aromatic heterocycles. The van der Waals surface area contributed by atoms with Crippen molar-refractivity contribution in [3.63, 3.8) is 0 Å². The Kier molecular flexibility index (Phi) is 7.55. The zero-order valence-corrected chi connectivity index (χ0v) is 17.0. The Balaban J connectivity index is 1.46. The summed E-state index contributed by atoms with van der Waals surface area (Å²) in [5.74, 6) is -1.45. The van der Waals surface area contributed by atoms with Gasteiger partial charge >= 0.3 is 0 Å². The topological polar surface area (TPSA) is 55.9 Å². The van der Waals surface area contributed by atoms with Gasteiger partial charge in [0.25, 0.3) is 0 Å². The molecule has 8 heteroatoms. The van der Waals surface area contributed by atoms with Crippen LogP contribution >= 0.6 is 0 Å². The van der Waals surface area contributed by atoms with Crippen LogP contribution in [-0.4, -0.2) is 78.4 Å². The van der Waals surface area contributed by atoms with E-state index in [9.17, 15) is 18.4 Å². The van der Waals surface area contributed by atoms with Crippen molar-refractivity contribution < 1.29 is 18.4 Å². The number of rotatable bonds is 5. The maximum Gasteiger partial charge on any atom is 0.241 e. The number of nitrogens with zero attached hydrogens (tertiary/aromatic N) is 3. The largest absolute Gasteiger partial charge is 0.342 e. The number of hydrogen-bond donors (Lipinski definition) is 1. The molecule has 29 heavy (non-hydrogen) atoms. The summed E-state index contributed by atoms with van der Waals surface area (Å²) in [5, 5.41) is 2.47. The molecular weight excluding hydrogens is 378 g/mol. The first-order chi connectivity index (χ1) is 13.9. The zero-order valence-electron chi connectivity index (χ0n) is 17.0. The number of carbonyl (C=O) groups is 2. The quantitative estimate of drug-likeness (QED) is 0.813. The lowest BCUT2D eigenvalue weighted by molar-refractivity contribution is -0.133. The monoisotopic (exact) mass is 408 g/mol. The van der Waals surface area contributed by atoms with E-state index in [2.05, 4.69) is 10.2 Å². The lowest BCUT2D eigenvalue weighted by Gasteiger charge is -2.37. The molecule has 1 unspecified atom stereocenters. The van der Waals surface area contributed by atoms with Gasteiger partial charge in [0.05, 0.1) is 18.3 Å². The summed E-state index contributed by atoms with van der Waals surface area (Å²) >= 11 is 0. The lowest BCUT2D eigenvalue weighted by Crippen LogP contribution is -2.54. The van der Waals surface area contributed by atoms with Crippen LogP contribution in [-0.2, 0) is 9.59 Å². The molecule has 6 nitrogen and oxygen atoms in total. The SMILES string of the molecule is CC(C(=O)Nc1cc(F)ccc1F)N1CCN(CC(=O)N2CCCCCC2)CC1. The molecule has 160 valence electrons. The van der Waals surface area contributed by atoms with Crippen LogP contribution in [0.1, 0.15) is 32.6 Å². The van der Waals surface area contributed by atoms with E-state index in [1.165, 1.54) is 12.8 Å². The van der Waals surface area contributed by atoms with Crippen molar-refractivity contribution >= 4 is 17.5 Å². The standard InChI is InChI=1S/C21H30F2N4O2/c1-16(21(29)24-19-14-17(22)6-7-18(19)23)26-12-10-25(11-13-26)15-20(28)27-8-4-2-3-5-9-27/h6-7,14,16H,2-5,8-13,15H2,1H3,(H,24,29). The third kappa shape index (κ3) is 5.96. The van der Waals surface area contributed by atoms with E-state index in [0.717, 1.165) is 44.1 Å². The predicted molar refractivity (Wildman–Crippen MR) is 108 cm³/mol. The number of benzene rings is 1. The highest BCUT2D eigenvalue weighted by Gasteiger charge is 2.27. The molecule has 1 N–H and O–H groups in total. The molecule has 2 saturated heterocycles. The van der Waals surface area contributed by atoms with Crippen molar-refractivity contribution in [1.82, 2.24) is 14.7 Å². The van der Waals surface area contributed by atoms with Gasteiger partial charge in [0.2, 0.25) is 11.8 Å². The molecule has 0 radical (unpaired) electrons. The highest BCUT2D eigenvalue weighted by atomic mass is 19.1. The number of piperazine rings is 1. The van der Waals surface area contributed by atoms with Crippen molar-refractivity contribution in [2.24, 2.45) is 0 Å². The first-order valence-electron chi connectivity index (χ1n) is 10.4. The Morgan fingerprint density at radius 1 is 1.00 bits per heavy atom. The van der Waals surface area contributed by atoms with E-state index in [-0.39, 0.29) is 17.5 Å². The number of carbonyl (C=O) groups excluding carboxylic acids is 2. The van der Waals surface area contributed by atoms with Crippen LogP contribution in [0, 0.1) is 11.6 Å². The Morgan fingerprint density at radius 2 is 1.66 bits per heavy atom. The summed E-state index contributed by atoms with van der Waals surface area (Å²) in [7, 11) is 0. The van der Waals surface area contributed by atoms with E-state index >= 15 is 0 Å². The molecule has 3 rings (SSSR count). The molecule has 2 aliphatic rings. The molecule has 1 aromatic carbocycles. The number of amides is 2. The number of anilines is 1. The van der Waals surface area contributed by atoms with Gasteiger partial charge in [0.15, 0.2) is 0 Å².